The normalized spacial score (nSPS) is 12.8. The van der Waals surface area contributed by atoms with E-state index >= 15 is 0 Å². The molecule has 6 nitrogen and oxygen atoms in total. The molecule has 3 rings (SSSR count). The largest absolute Gasteiger partial charge is 0.454 e. The number of nitro benzene ring substituents is 1. The lowest BCUT2D eigenvalue weighted by molar-refractivity contribution is -0.385. The van der Waals surface area contributed by atoms with Crippen LogP contribution in [0.25, 0.3) is 11.6 Å². The molecule has 2 aromatic rings. The zero-order valence-corrected chi connectivity index (χ0v) is 11.7. The molecule has 2 aromatic carbocycles. The standard InChI is InChI=1S/C16H9FN2O4/c17-13-3-1-2-10(5-13)12(8-18)4-11-6-15-16(23-9-22-15)7-14(11)19(20)21/h1-7H,9H2/b12-4+. The van der Waals surface area contributed by atoms with E-state index in [1.54, 1.807) is 6.07 Å². The molecule has 0 aliphatic carbocycles. The van der Waals surface area contributed by atoms with Gasteiger partial charge in [0.15, 0.2) is 11.5 Å². The van der Waals surface area contributed by atoms with Crippen molar-refractivity contribution in [3.05, 3.63) is 63.5 Å². The van der Waals surface area contributed by atoms with Crippen LogP contribution in [-0.4, -0.2) is 11.7 Å². The first kappa shape index (κ1) is 14.5. The summed E-state index contributed by atoms with van der Waals surface area (Å²) in [7, 11) is 0. The van der Waals surface area contributed by atoms with Crippen LogP contribution >= 0.6 is 0 Å². The molecule has 0 radical (unpaired) electrons. The summed E-state index contributed by atoms with van der Waals surface area (Å²) in [6, 6.07) is 10.1. The van der Waals surface area contributed by atoms with Gasteiger partial charge in [-0.3, -0.25) is 10.1 Å². The van der Waals surface area contributed by atoms with Crippen LogP contribution in [0, 0.1) is 27.3 Å². The number of nitro groups is 1. The van der Waals surface area contributed by atoms with Gasteiger partial charge >= 0.3 is 0 Å². The molecular formula is C16H9FN2O4. The molecule has 0 saturated carbocycles. The van der Waals surface area contributed by atoms with Gasteiger partial charge < -0.3 is 9.47 Å². The van der Waals surface area contributed by atoms with Crippen LogP contribution in [0.1, 0.15) is 11.1 Å². The predicted octanol–water partition coefficient (Wildman–Crippen LogP) is 3.53. The van der Waals surface area contributed by atoms with Gasteiger partial charge in [0.05, 0.1) is 28.2 Å². The smallest absolute Gasteiger partial charge is 0.280 e. The average Bonchev–Trinajstić information content (AvgIpc) is 2.98. The number of nitrogens with zero attached hydrogens (tertiary/aromatic N) is 2. The monoisotopic (exact) mass is 312 g/mol. The van der Waals surface area contributed by atoms with Gasteiger partial charge in [0.25, 0.3) is 5.69 Å². The summed E-state index contributed by atoms with van der Waals surface area (Å²) in [5, 5.41) is 20.5. The van der Waals surface area contributed by atoms with Gasteiger partial charge in [-0.15, -0.1) is 0 Å². The molecule has 0 fully saturated rings. The number of hydrogen-bond acceptors (Lipinski definition) is 5. The van der Waals surface area contributed by atoms with Crippen molar-refractivity contribution < 1.29 is 18.8 Å². The van der Waals surface area contributed by atoms with Crippen LogP contribution in [0.3, 0.4) is 0 Å². The molecule has 114 valence electrons. The second-order valence-electron chi connectivity index (χ2n) is 4.70. The first-order valence-electron chi connectivity index (χ1n) is 6.54. The summed E-state index contributed by atoms with van der Waals surface area (Å²) in [5.41, 5.74) is 0.393. The third kappa shape index (κ3) is 2.82. The fourth-order valence-corrected chi connectivity index (χ4v) is 2.21. The highest BCUT2D eigenvalue weighted by atomic mass is 19.1. The number of benzene rings is 2. The lowest BCUT2D eigenvalue weighted by Crippen LogP contribution is -1.93. The van der Waals surface area contributed by atoms with Gasteiger partial charge in [-0.2, -0.15) is 5.26 Å². The molecule has 1 aliphatic rings. The fraction of sp³-hybridized carbons (Fsp3) is 0.0625. The van der Waals surface area contributed by atoms with Crippen molar-refractivity contribution in [3.63, 3.8) is 0 Å². The number of allylic oxidation sites excluding steroid dienone is 1. The van der Waals surface area contributed by atoms with Gasteiger partial charge in [0, 0.05) is 0 Å². The van der Waals surface area contributed by atoms with Crippen molar-refractivity contribution in [1.82, 2.24) is 0 Å². The molecule has 7 heteroatoms. The van der Waals surface area contributed by atoms with Crippen LogP contribution in [0.2, 0.25) is 0 Å². The van der Waals surface area contributed by atoms with Crippen molar-refractivity contribution >= 4 is 17.3 Å². The summed E-state index contributed by atoms with van der Waals surface area (Å²) >= 11 is 0. The highest BCUT2D eigenvalue weighted by Crippen LogP contribution is 2.39. The van der Waals surface area contributed by atoms with E-state index in [1.165, 1.54) is 36.4 Å². The van der Waals surface area contributed by atoms with Gasteiger partial charge in [0.2, 0.25) is 6.79 Å². The molecule has 0 saturated heterocycles. The third-order valence-electron chi connectivity index (χ3n) is 3.27. The predicted molar refractivity (Wildman–Crippen MR) is 79.1 cm³/mol. The molecule has 1 aliphatic heterocycles. The minimum absolute atomic E-state index is 0.0192. The Morgan fingerprint density at radius 3 is 2.70 bits per heavy atom. The van der Waals surface area contributed by atoms with E-state index in [1.807, 2.05) is 6.07 Å². The SMILES string of the molecule is N#C/C(=C\c1cc2c(cc1[N+](=O)[O-])OCO2)c1cccc(F)c1. The zero-order chi connectivity index (χ0) is 16.4. The summed E-state index contributed by atoms with van der Waals surface area (Å²) in [5.74, 6) is 0.139. The second-order valence-corrected chi connectivity index (χ2v) is 4.70. The molecule has 1 heterocycles. The Labute approximate surface area is 130 Å². The first-order chi connectivity index (χ1) is 11.1. The zero-order valence-electron chi connectivity index (χ0n) is 11.7. The maximum atomic E-state index is 13.3. The van der Waals surface area contributed by atoms with E-state index < -0.39 is 10.7 Å². The fourth-order valence-electron chi connectivity index (χ4n) is 2.21. The van der Waals surface area contributed by atoms with Gasteiger partial charge in [0.1, 0.15) is 5.82 Å². The number of ether oxygens (including phenoxy) is 2. The number of fused-ring (bicyclic) bond motifs is 1. The molecule has 0 spiro atoms. The molecule has 0 aromatic heterocycles. The minimum Gasteiger partial charge on any atom is -0.454 e. The van der Waals surface area contributed by atoms with Crippen LogP contribution in [-0.2, 0) is 0 Å². The number of rotatable bonds is 3. The van der Waals surface area contributed by atoms with E-state index in [-0.39, 0.29) is 29.4 Å². The molecule has 0 atom stereocenters. The van der Waals surface area contributed by atoms with Crippen molar-refractivity contribution in [2.45, 2.75) is 0 Å². The summed E-state index contributed by atoms with van der Waals surface area (Å²) in [4.78, 5) is 10.6. The van der Waals surface area contributed by atoms with Crippen molar-refractivity contribution in [1.29, 1.82) is 5.26 Å². The number of hydrogen-bond donors (Lipinski definition) is 0. The quantitative estimate of drug-likeness (QED) is 0.374. The topological polar surface area (TPSA) is 85.4 Å². The molecule has 0 bridgehead atoms. The Hall–Kier alpha value is -3.40. The van der Waals surface area contributed by atoms with Gasteiger partial charge in [-0.1, -0.05) is 12.1 Å². The maximum absolute atomic E-state index is 13.3. The Morgan fingerprint density at radius 2 is 2.04 bits per heavy atom. The lowest BCUT2D eigenvalue weighted by atomic mass is 10.0. The minimum atomic E-state index is -0.575. The summed E-state index contributed by atoms with van der Waals surface area (Å²) < 4.78 is 23.6. The van der Waals surface area contributed by atoms with E-state index in [9.17, 15) is 19.8 Å². The summed E-state index contributed by atoms with van der Waals surface area (Å²) in [6.07, 6.45) is 1.33. The van der Waals surface area contributed by atoms with Crippen LogP contribution < -0.4 is 9.47 Å². The first-order valence-corrected chi connectivity index (χ1v) is 6.54. The highest BCUT2D eigenvalue weighted by molar-refractivity contribution is 5.91. The van der Waals surface area contributed by atoms with Crippen LogP contribution in [0.5, 0.6) is 11.5 Å². The highest BCUT2D eigenvalue weighted by Gasteiger charge is 2.22. The van der Waals surface area contributed by atoms with E-state index in [0.717, 1.165) is 0 Å². The molecular weight excluding hydrogens is 303 g/mol. The van der Waals surface area contributed by atoms with Crippen molar-refractivity contribution in [2.75, 3.05) is 6.79 Å². The number of nitriles is 1. The average molecular weight is 312 g/mol. The maximum Gasteiger partial charge on any atom is 0.280 e. The van der Waals surface area contributed by atoms with Gasteiger partial charge in [-0.25, -0.2) is 4.39 Å². The molecule has 0 N–H and O–H groups in total. The Kier molecular flexibility index (Phi) is 3.65. The van der Waals surface area contributed by atoms with Crippen LogP contribution in [0.4, 0.5) is 10.1 Å². The van der Waals surface area contributed by atoms with E-state index in [0.29, 0.717) is 11.3 Å². The Bertz CT molecular complexity index is 871. The molecule has 23 heavy (non-hydrogen) atoms. The van der Waals surface area contributed by atoms with E-state index in [4.69, 9.17) is 9.47 Å². The Balaban J connectivity index is 2.13. The van der Waals surface area contributed by atoms with Gasteiger partial charge in [-0.05, 0) is 29.8 Å². The van der Waals surface area contributed by atoms with Crippen molar-refractivity contribution in [2.24, 2.45) is 0 Å². The second kappa shape index (κ2) is 5.77. The molecule has 0 amide bonds. The summed E-state index contributed by atoms with van der Waals surface area (Å²) in [6.45, 7) is -0.0192. The Morgan fingerprint density at radius 1 is 1.30 bits per heavy atom. The third-order valence-corrected chi connectivity index (χ3v) is 3.27. The lowest BCUT2D eigenvalue weighted by Gasteiger charge is -2.03. The van der Waals surface area contributed by atoms with Crippen molar-refractivity contribution in [3.8, 4) is 17.6 Å². The van der Waals surface area contributed by atoms with Crippen LogP contribution in [0.15, 0.2) is 36.4 Å². The molecule has 0 unspecified atom stereocenters. The number of halogens is 1. The van der Waals surface area contributed by atoms with E-state index in [2.05, 4.69) is 0 Å².